The molecule has 3 nitrogen and oxygen atoms in total. The third-order valence-corrected chi connectivity index (χ3v) is 2.74. The minimum Gasteiger partial charge on any atom is -0.455 e. The highest BCUT2D eigenvalue weighted by Crippen LogP contribution is 2.26. The first-order valence-electron chi connectivity index (χ1n) is 6.09. The second-order valence-corrected chi connectivity index (χ2v) is 4.39. The molecule has 2 aromatic rings. The largest absolute Gasteiger partial charge is 0.455 e. The number of hydrogen-bond acceptors (Lipinski definition) is 3. The highest BCUT2D eigenvalue weighted by atomic mass is 16.5. The van der Waals surface area contributed by atoms with Gasteiger partial charge >= 0.3 is 0 Å². The van der Waals surface area contributed by atoms with Crippen LogP contribution < -0.4 is 10.5 Å². The van der Waals surface area contributed by atoms with E-state index in [0.29, 0.717) is 6.54 Å². The number of pyridine rings is 1. The van der Waals surface area contributed by atoms with Crippen molar-refractivity contribution < 1.29 is 4.74 Å². The molecule has 0 aliphatic heterocycles. The van der Waals surface area contributed by atoms with Crippen LogP contribution >= 0.6 is 0 Å². The van der Waals surface area contributed by atoms with Gasteiger partial charge in [-0.15, -0.1) is 0 Å². The molecule has 0 bridgehead atoms. The molecule has 1 aromatic heterocycles. The first-order chi connectivity index (χ1) is 8.69. The Kier molecular flexibility index (Phi) is 3.95. The summed E-state index contributed by atoms with van der Waals surface area (Å²) < 4.78 is 5.85. The van der Waals surface area contributed by atoms with Crippen LogP contribution in [0.25, 0.3) is 0 Å². The molecule has 2 rings (SSSR count). The van der Waals surface area contributed by atoms with E-state index in [0.717, 1.165) is 29.2 Å². The van der Waals surface area contributed by atoms with Gasteiger partial charge in [-0.1, -0.05) is 17.7 Å². The number of nitrogens with zero attached hydrogens (tertiary/aromatic N) is 1. The topological polar surface area (TPSA) is 48.1 Å². The van der Waals surface area contributed by atoms with Gasteiger partial charge in [0, 0.05) is 5.69 Å². The van der Waals surface area contributed by atoms with Gasteiger partial charge in [0.2, 0.25) is 0 Å². The average Bonchev–Trinajstić information content (AvgIpc) is 2.36. The molecule has 0 fully saturated rings. The van der Waals surface area contributed by atoms with Crippen LogP contribution in [0.1, 0.15) is 16.8 Å². The second-order valence-electron chi connectivity index (χ2n) is 4.39. The van der Waals surface area contributed by atoms with E-state index in [1.807, 2.05) is 31.2 Å². The number of nitrogens with two attached hydrogens (primary N) is 1. The van der Waals surface area contributed by atoms with Crippen LogP contribution in [0.2, 0.25) is 0 Å². The van der Waals surface area contributed by atoms with E-state index in [1.54, 1.807) is 6.20 Å². The SMILES string of the molecule is Cc1ccc(Oc2ccc(C)nc2)c(CCN)c1. The van der Waals surface area contributed by atoms with Crippen LogP contribution in [0.15, 0.2) is 36.5 Å². The summed E-state index contributed by atoms with van der Waals surface area (Å²) in [5.74, 6) is 1.61. The van der Waals surface area contributed by atoms with E-state index >= 15 is 0 Å². The molecule has 18 heavy (non-hydrogen) atoms. The van der Waals surface area contributed by atoms with E-state index in [-0.39, 0.29) is 0 Å². The van der Waals surface area contributed by atoms with Crippen LogP contribution in [0.4, 0.5) is 0 Å². The average molecular weight is 242 g/mol. The Morgan fingerprint density at radius 3 is 2.67 bits per heavy atom. The molecule has 0 aliphatic rings. The summed E-state index contributed by atoms with van der Waals surface area (Å²) >= 11 is 0. The molecule has 0 unspecified atom stereocenters. The number of rotatable bonds is 4. The summed E-state index contributed by atoms with van der Waals surface area (Å²) in [6.07, 6.45) is 2.55. The zero-order chi connectivity index (χ0) is 13.0. The molecule has 0 radical (unpaired) electrons. The Bertz CT molecular complexity index is 521. The van der Waals surface area contributed by atoms with Gasteiger partial charge in [-0.2, -0.15) is 0 Å². The van der Waals surface area contributed by atoms with Gasteiger partial charge in [0.15, 0.2) is 0 Å². The highest BCUT2D eigenvalue weighted by Gasteiger charge is 2.05. The standard InChI is InChI=1S/C15H18N2O/c1-11-3-6-15(13(9-11)7-8-16)18-14-5-4-12(2)17-10-14/h3-6,9-10H,7-8,16H2,1-2H3. The monoisotopic (exact) mass is 242 g/mol. The molecule has 0 saturated heterocycles. The van der Waals surface area contributed by atoms with Gasteiger partial charge in [0.1, 0.15) is 11.5 Å². The smallest absolute Gasteiger partial charge is 0.145 e. The first-order valence-corrected chi connectivity index (χ1v) is 6.09. The third-order valence-electron chi connectivity index (χ3n) is 2.74. The lowest BCUT2D eigenvalue weighted by Gasteiger charge is -2.11. The summed E-state index contributed by atoms with van der Waals surface area (Å²) in [6, 6.07) is 10.0. The van der Waals surface area contributed by atoms with Crippen LogP contribution in [0.3, 0.4) is 0 Å². The van der Waals surface area contributed by atoms with Gasteiger partial charge in [0.25, 0.3) is 0 Å². The third kappa shape index (κ3) is 3.08. The lowest BCUT2D eigenvalue weighted by molar-refractivity contribution is 0.473. The van der Waals surface area contributed by atoms with Crippen molar-refractivity contribution in [1.29, 1.82) is 0 Å². The number of aromatic nitrogens is 1. The molecular weight excluding hydrogens is 224 g/mol. The Hall–Kier alpha value is -1.87. The molecule has 2 N–H and O–H groups in total. The molecule has 0 spiro atoms. The molecule has 0 aliphatic carbocycles. The zero-order valence-corrected chi connectivity index (χ0v) is 10.8. The molecule has 3 heteroatoms. The molecule has 1 aromatic carbocycles. The molecule has 0 amide bonds. The number of ether oxygens (including phenoxy) is 1. The van der Waals surface area contributed by atoms with E-state index in [4.69, 9.17) is 10.5 Å². The van der Waals surface area contributed by atoms with Crippen LogP contribution in [0, 0.1) is 13.8 Å². The van der Waals surface area contributed by atoms with Crippen LogP contribution in [0.5, 0.6) is 11.5 Å². The van der Waals surface area contributed by atoms with Crippen molar-refractivity contribution in [3.05, 3.63) is 53.3 Å². The van der Waals surface area contributed by atoms with Crippen molar-refractivity contribution in [2.75, 3.05) is 6.54 Å². The van der Waals surface area contributed by atoms with E-state index in [9.17, 15) is 0 Å². The van der Waals surface area contributed by atoms with Crippen molar-refractivity contribution in [2.45, 2.75) is 20.3 Å². The summed E-state index contributed by atoms with van der Waals surface area (Å²) in [4.78, 5) is 4.22. The lowest BCUT2D eigenvalue weighted by atomic mass is 10.1. The minimum absolute atomic E-state index is 0.617. The van der Waals surface area contributed by atoms with Crippen molar-refractivity contribution in [3.63, 3.8) is 0 Å². The molecular formula is C15H18N2O. The van der Waals surface area contributed by atoms with Gasteiger partial charge < -0.3 is 10.5 Å². The molecule has 94 valence electrons. The minimum atomic E-state index is 0.617. The fraction of sp³-hybridized carbons (Fsp3) is 0.267. The lowest BCUT2D eigenvalue weighted by Crippen LogP contribution is -2.04. The fourth-order valence-electron chi connectivity index (χ4n) is 1.80. The molecule has 1 heterocycles. The predicted molar refractivity (Wildman–Crippen MR) is 73.0 cm³/mol. The Labute approximate surface area is 108 Å². The summed E-state index contributed by atoms with van der Waals surface area (Å²) in [5.41, 5.74) is 8.96. The van der Waals surface area contributed by atoms with Crippen molar-refractivity contribution in [1.82, 2.24) is 4.98 Å². The van der Waals surface area contributed by atoms with Gasteiger partial charge in [-0.25, -0.2) is 0 Å². The maximum atomic E-state index is 5.85. The zero-order valence-electron chi connectivity index (χ0n) is 10.8. The normalized spacial score (nSPS) is 10.4. The van der Waals surface area contributed by atoms with Crippen molar-refractivity contribution >= 4 is 0 Å². The quantitative estimate of drug-likeness (QED) is 0.896. The molecule has 0 saturated carbocycles. The maximum Gasteiger partial charge on any atom is 0.145 e. The number of benzene rings is 1. The second kappa shape index (κ2) is 5.65. The van der Waals surface area contributed by atoms with E-state index < -0.39 is 0 Å². The summed E-state index contributed by atoms with van der Waals surface area (Å²) in [6.45, 7) is 4.64. The Morgan fingerprint density at radius 1 is 1.17 bits per heavy atom. The van der Waals surface area contributed by atoms with Crippen molar-refractivity contribution in [2.24, 2.45) is 5.73 Å². The highest BCUT2D eigenvalue weighted by molar-refractivity contribution is 5.40. The Morgan fingerprint density at radius 2 is 2.00 bits per heavy atom. The van der Waals surface area contributed by atoms with Crippen LogP contribution in [-0.4, -0.2) is 11.5 Å². The first kappa shape index (κ1) is 12.6. The number of hydrogen-bond donors (Lipinski definition) is 1. The van der Waals surface area contributed by atoms with Crippen LogP contribution in [-0.2, 0) is 6.42 Å². The number of aryl methyl sites for hydroxylation is 2. The van der Waals surface area contributed by atoms with Gasteiger partial charge in [-0.05, 0) is 50.6 Å². The predicted octanol–water partition coefficient (Wildman–Crippen LogP) is 2.99. The van der Waals surface area contributed by atoms with Gasteiger partial charge in [0.05, 0.1) is 6.20 Å². The van der Waals surface area contributed by atoms with E-state index in [2.05, 4.69) is 18.0 Å². The van der Waals surface area contributed by atoms with E-state index in [1.165, 1.54) is 5.56 Å². The summed E-state index contributed by atoms with van der Waals surface area (Å²) in [5, 5.41) is 0. The summed E-state index contributed by atoms with van der Waals surface area (Å²) in [7, 11) is 0. The fourth-order valence-corrected chi connectivity index (χ4v) is 1.80. The molecule has 0 atom stereocenters. The van der Waals surface area contributed by atoms with Crippen molar-refractivity contribution in [3.8, 4) is 11.5 Å². The maximum absolute atomic E-state index is 5.85. The Balaban J connectivity index is 2.25. The van der Waals surface area contributed by atoms with Gasteiger partial charge in [-0.3, -0.25) is 4.98 Å².